The van der Waals surface area contributed by atoms with Gasteiger partial charge in [0.2, 0.25) is 0 Å². The molecule has 0 amide bonds. The quantitative estimate of drug-likeness (QED) is 0.890. The van der Waals surface area contributed by atoms with Gasteiger partial charge >= 0.3 is 0 Å². The predicted octanol–water partition coefficient (Wildman–Crippen LogP) is 2.77. The average molecular weight is 246 g/mol. The minimum Gasteiger partial charge on any atom is -0.373 e. The molecule has 98 valence electrons. The van der Waals surface area contributed by atoms with Crippen LogP contribution in [-0.4, -0.2) is 29.6 Å². The van der Waals surface area contributed by atoms with Crippen LogP contribution in [0.3, 0.4) is 0 Å². The summed E-state index contributed by atoms with van der Waals surface area (Å²) >= 11 is 0. The molecule has 1 saturated heterocycles. The van der Waals surface area contributed by atoms with Crippen molar-refractivity contribution < 1.29 is 0 Å². The van der Waals surface area contributed by atoms with Crippen LogP contribution in [0.25, 0.3) is 0 Å². The third kappa shape index (κ3) is 2.28. The Kier molecular flexibility index (Phi) is 3.10. The Morgan fingerprint density at radius 3 is 2.72 bits per heavy atom. The molecule has 2 aliphatic rings. The topological polar surface area (TPSA) is 41.0 Å². The number of nitrogens with one attached hydrogen (secondary N) is 1. The van der Waals surface area contributed by atoms with E-state index in [0.29, 0.717) is 12.0 Å². The summed E-state index contributed by atoms with van der Waals surface area (Å²) in [4.78, 5) is 11.8. The largest absolute Gasteiger partial charge is 0.373 e. The van der Waals surface area contributed by atoms with Crippen LogP contribution in [0.5, 0.6) is 0 Å². The summed E-state index contributed by atoms with van der Waals surface area (Å²) in [7, 11) is 1.93. The summed E-state index contributed by atoms with van der Waals surface area (Å²) in [6, 6.07) is 2.69. The average Bonchev–Trinajstić information content (AvgIpc) is 3.23. The van der Waals surface area contributed by atoms with Crippen molar-refractivity contribution in [3.05, 3.63) is 11.9 Å². The van der Waals surface area contributed by atoms with Crippen LogP contribution >= 0.6 is 0 Å². The van der Waals surface area contributed by atoms with Gasteiger partial charge < -0.3 is 10.2 Å². The van der Waals surface area contributed by atoms with Crippen LogP contribution in [0.15, 0.2) is 6.07 Å². The van der Waals surface area contributed by atoms with Crippen LogP contribution in [0, 0.1) is 0 Å². The van der Waals surface area contributed by atoms with Crippen molar-refractivity contribution in [2.75, 3.05) is 23.8 Å². The van der Waals surface area contributed by atoms with E-state index >= 15 is 0 Å². The first-order chi connectivity index (χ1) is 8.78. The number of aromatic nitrogens is 2. The third-order valence-corrected chi connectivity index (χ3v) is 4.03. The second-order valence-electron chi connectivity index (χ2n) is 5.53. The van der Waals surface area contributed by atoms with E-state index in [0.717, 1.165) is 24.0 Å². The zero-order valence-electron chi connectivity index (χ0n) is 11.3. The lowest BCUT2D eigenvalue weighted by Gasteiger charge is -2.34. The zero-order chi connectivity index (χ0) is 12.5. The predicted molar refractivity (Wildman–Crippen MR) is 74.2 cm³/mol. The van der Waals surface area contributed by atoms with Crippen LogP contribution in [0.2, 0.25) is 0 Å². The zero-order valence-corrected chi connectivity index (χ0v) is 11.3. The van der Waals surface area contributed by atoms with Gasteiger partial charge in [0.1, 0.15) is 17.5 Å². The van der Waals surface area contributed by atoms with E-state index in [1.54, 1.807) is 0 Å². The molecule has 1 aliphatic heterocycles. The highest BCUT2D eigenvalue weighted by Crippen LogP contribution is 2.39. The Morgan fingerprint density at radius 2 is 2.06 bits per heavy atom. The number of anilines is 2. The molecule has 0 bridgehead atoms. The maximum atomic E-state index is 4.79. The van der Waals surface area contributed by atoms with Gasteiger partial charge in [-0.3, -0.25) is 0 Å². The molecule has 2 heterocycles. The van der Waals surface area contributed by atoms with E-state index in [1.807, 2.05) is 7.05 Å². The Morgan fingerprint density at radius 1 is 1.22 bits per heavy atom. The molecule has 1 unspecified atom stereocenters. The fourth-order valence-corrected chi connectivity index (χ4v) is 2.69. The minimum atomic E-state index is 0.602. The van der Waals surface area contributed by atoms with Crippen molar-refractivity contribution in [3.8, 4) is 0 Å². The molecule has 1 saturated carbocycles. The molecule has 0 aromatic carbocycles. The van der Waals surface area contributed by atoms with Crippen LogP contribution in [0.1, 0.15) is 50.8 Å². The van der Waals surface area contributed by atoms with Crippen molar-refractivity contribution in [2.45, 2.75) is 51.0 Å². The summed E-state index contributed by atoms with van der Waals surface area (Å²) in [5, 5.41) is 3.17. The fraction of sp³-hybridized carbons (Fsp3) is 0.714. The lowest BCUT2D eigenvalue weighted by molar-refractivity contribution is 0.480. The van der Waals surface area contributed by atoms with E-state index in [1.165, 1.54) is 32.1 Å². The maximum absolute atomic E-state index is 4.79. The summed E-state index contributed by atoms with van der Waals surface area (Å²) in [5.41, 5.74) is 0. The van der Waals surface area contributed by atoms with Crippen LogP contribution < -0.4 is 10.2 Å². The maximum Gasteiger partial charge on any atom is 0.136 e. The van der Waals surface area contributed by atoms with Gasteiger partial charge in [0.25, 0.3) is 0 Å². The summed E-state index contributed by atoms with van der Waals surface area (Å²) in [5.74, 6) is 3.72. The lowest BCUT2D eigenvalue weighted by Crippen LogP contribution is -2.38. The standard InChI is InChI=1S/C14H22N4/c1-10-5-3-4-8-18(10)13-9-12(15-2)16-14(17-13)11-6-7-11/h9-11H,3-8H2,1-2H3,(H,15,16,17). The number of hydrogen-bond donors (Lipinski definition) is 1. The second-order valence-corrected chi connectivity index (χ2v) is 5.53. The summed E-state index contributed by atoms with van der Waals surface area (Å²) in [6.07, 6.45) is 6.40. The molecule has 1 N–H and O–H groups in total. The summed E-state index contributed by atoms with van der Waals surface area (Å²) < 4.78 is 0. The Hall–Kier alpha value is -1.32. The van der Waals surface area contributed by atoms with Gasteiger partial charge in [0.05, 0.1) is 0 Å². The van der Waals surface area contributed by atoms with E-state index in [2.05, 4.69) is 28.2 Å². The number of hydrogen-bond acceptors (Lipinski definition) is 4. The smallest absolute Gasteiger partial charge is 0.136 e. The van der Waals surface area contributed by atoms with E-state index < -0.39 is 0 Å². The minimum absolute atomic E-state index is 0.602. The van der Waals surface area contributed by atoms with Crippen molar-refractivity contribution in [3.63, 3.8) is 0 Å². The molecule has 3 rings (SSSR count). The third-order valence-electron chi connectivity index (χ3n) is 4.03. The van der Waals surface area contributed by atoms with E-state index in [4.69, 9.17) is 4.98 Å². The SMILES string of the molecule is CNc1cc(N2CCCCC2C)nc(C2CC2)n1. The molecular weight excluding hydrogens is 224 g/mol. The number of nitrogens with zero attached hydrogens (tertiary/aromatic N) is 3. The van der Waals surface area contributed by atoms with Gasteiger partial charge in [0.15, 0.2) is 0 Å². The van der Waals surface area contributed by atoms with Gasteiger partial charge in [-0.15, -0.1) is 0 Å². The highest BCUT2D eigenvalue weighted by Gasteiger charge is 2.29. The van der Waals surface area contributed by atoms with Crippen molar-refractivity contribution in [1.82, 2.24) is 9.97 Å². The van der Waals surface area contributed by atoms with Gasteiger partial charge in [0, 0.05) is 31.6 Å². The monoisotopic (exact) mass is 246 g/mol. The highest BCUT2D eigenvalue weighted by molar-refractivity contribution is 5.50. The lowest BCUT2D eigenvalue weighted by atomic mass is 10.0. The summed E-state index contributed by atoms with van der Waals surface area (Å²) in [6.45, 7) is 3.43. The molecule has 18 heavy (non-hydrogen) atoms. The van der Waals surface area contributed by atoms with Crippen molar-refractivity contribution >= 4 is 11.6 Å². The molecule has 0 radical (unpaired) electrons. The number of piperidine rings is 1. The van der Waals surface area contributed by atoms with Crippen molar-refractivity contribution in [2.24, 2.45) is 0 Å². The number of rotatable bonds is 3. The molecular formula is C14H22N4. The molecule has 1 aromatic heterocycles. The van der Waals surface area contributed by atoms with Crippen LogP contribution in [0.4, 0.5) is 11.6 Å². The van der Waals surface area contributed by atoms with E-state index in [9.17, 15) is 0 Å². The molecule has 4 nitrogen and oxygen atoms in total. The molecule has 2 fully saturated rings. The van der Waals surface area contributed by atoms with E-state index in [-0.39, 0.29) is 0 Å². The Labute approximate surface area is 109 Å². The molecule has 0 spiro atoms. The fourth-order valence-electron chi connectivity index (χ4n) is 2.69. The van der Waals surface area contributed by atoms with Gasteiger partial charge in [-0.2, -0.15) is 0 Å². The van der Waals surface area contributed by atoms with Crippen LogP contribution in [-0.2, 0) is 0 Å². The van der Waals surface area contributed by atoms with Gasteiger partial charge in [-0.05, 0) is 39.0 Å². The highest BCUT2D eigenvalue weighted by atomic mass is 15.2. The Balaban J connectivity index is 1.91. The normalized spacial score (nSPS) is 24.1. The first-order valence-electron chi connectivity index (χ1n) is 7.11. The molecule has 1 atom stereocenters. The van der Waals surface area contributed by atoms with Crippen molar-refractivity contribution in [1.29, 1.82) is 0 Å². The first-order valence-corrected chi connectivity index (χ1v) is 7.11. The first kappa shape index (κ1) is 11.8. The molecule has 4 heteroatoms. The van der Waals surface area contributed by atoms with Gasteiger partial charge in [-0.1, -0.05) is 0 Å². The molecule has 1 aliphatic carbocycles. The second kappa shape index (κ2) is 4.75. The van der Waals surface area contributed by atoms with Gasteiger partial charge in [-0.25, -0.2) is 9.97 Å². The molecule has 1 aromatic rings. The Bertz CT molecular complexity index is 428.